The summed E-state index contributed by atoms with van der Waals surface area (Å²) < 4.78 is 24.1. The van der Waals surface area contributed by atoms with Crippen LogP contribution in [0.5, 0.6) is 0 Å². The Balaban J connectivity index is 2.09. The third-order valence-electron chi connectivity index (χ3n) is 3.86. The largest absolute Gasteiger partial charge is 0.369 e. The number of nitrogens with zero attached hydrogens (tertiary/aromatic N) is 1. The summed E-state index contributed by atoms with van der Waals surface area (Å²) in [6.07, 6.45) is 1.12. The SMILES string of the molecule is CCCNC(C)c1ccc(N2CCS(=O)(=O)CC2)c(Br)c1. The van der Waals surface area contributed by atoms with Crippen LogP contribution in [0.4, 0.5) is 5.69 Å². The molecule has 1 aromatic rings. The van der Waals surface area contributed by atoms with Gasteiger partial charge in [0, 0.05) is 23.6 Å². The van der Waals surface area contributed by atoms with Crippen molar-refractivity contribution in [2.24, 2.45) is 0 Å². The molecular weight excluding hydrogens is 352 g/mol. The zero-order valence-corrected chi connectivity index (χ0v) is 15.0. The highest BCUT2D eigenvalue weighted by Crippen LogP contribution is 2.30. The quantitative estimate of drug-likeness (QED) is 0.860. The monoisotopic (exact) mass is 374 g/mol. The Morgan fingerprint density at radius 1 is 1.33 bits per heavy atom. The molecule has 0 radical (unpaired) electrons. The van der Waals surface area contributed by atoms with E-state index in [1.165, 1.54) is 5.56 Å². The van der Waals surface area contributed by atoms with E-state index >= 15 is 0 Å². The molecule has 118 valence electrons. The minimum Gasteiger partial charge on any atom is -0.369 e. The first-order valence-electron chi connectivity index (χ1n) is 7.41. The van der Waals surface area contributed by atoms with Gasteiger partial charge in [-0.05, 0) is 53.5 Å². The second-order valence-corrected chi connectivity index (χ2v) is 8.68. The predicted octanol–water partition coefficient (Wildman–Crippen LogP) is 2.74. The van der Waals surface area contributed by atoms with Gasteiger partial charge in [-0.2, -0.15) is 0 Å². The molecule has 1 heterocycles. The molecule has 4 nitrogen and oxygen atoms in total. The molecule has 6 heteroatoms. The summed E-state index contributed by atoms with van der Waals surface area (Å²) >= 11 is 3.63. The number of hydrogen-bond donors (Lipinski definition) is 1. The smallest absolute Gasteiger partial charge is 0.153 e. The molecule has 1 fully saturated rings. The van der Waals surface area contributed by atoms with Crippen LogP contribution in [-0.4, -0.2) is 39.6 Å². The number of sulfone groups is 1. The first kappa shape index (κ1) is 16.8. The zero-order chi connectivity index (χ0) is 15.5. The Bertz CT molecular complexity index is 575. The van der Waals surface area contributed by atoms with Crippen LogP contribution in [0.25, 0.3) is 0 Å². The van der Waals surface area contributed by atoms with Crippen molar-refractivity contribution in [3.63, 3.8) is 0 Å². The summed E-state index contributed by atoms with van der Waals surface area (Å²) in [5.41, 5.74) is 2.32. The molecule has 21 heavy (non-hydrogen) atoms. The standard InChI is InChI=1S/C15H23BrN2O2S/c1-3-6-17-12(2)13-4-5-15(14(16)11-13)18-7-9-21(19,20)10-8-18/h4-5,11-12,17H,3,6-10H2,1-2H3. The molecule has 0 amide bonds. The lowest BCUT2D eigenvalue weighted by molar-refractivity contribution is 0.570. The Hall–Kier alpha value is -0.590. The van der Waals surface area contributed by atoms with Crippen LogP contribution in [0.1, 0.15) is 31.9 Å². The van der Waals surface area contributed by atoms with Crippen molar-refractivity contribution in [3.8, 4) is 0 Å². The van der Waals surface area contributed by atoms with E-state index in [0.717, 1.165) is 23.1 Å². The average Bonchev–Trinajstić information content (AvgIpc) is 2.45. The molecular formula is C15H23BrN2O2S. The first-order valence-corrected chi connectivity index (χ1v) is 10.0. The van der Waals surface area contributed by atoms with Gasteiger partial charge in [0.2, 0.25) is 0 Å². The van der Waals surface area contributed by atoms with Crippen LogP contribution < -0.4 is 10.2 Å². The van der Waals surface area contributed by atoms with E-state index in [9.17, 15) is 8.42 Å². The molecule has 0 saturated carbocycles. The summed E-state index contributed by atoms with van der Waals surface area (Å²) in [5, 5.41) is 3.47. The maximum absolute atomic E-state index is 11.5. The molecule has 1 aliphatic rings. The Morgan fingerprint density at radius 3 is 2.57 bits per heavy atom. The summed E-state index contributed by atoms with van der Waals surface area (Å²) in [4.78, 5) is 2.14. The normalized spacial score (nSPS) is 19.5. The van der Waals surface area contributed by atoms with Gasteiger partial charge >= 0.3 is 0 Å². The number of hydrogen-bond acceptors (Lipinski definition) is 4. The van der Waals surface area contributed by atoms with Gasteiger partial charge in [-0.3, -0.25) is 0 Å². The van der Waals surface area contributed by atoms with Crippen LogP contribution >= 0.6 is 15.9 Å². The van der Waals surface area contributed by atoms with Crippen molar-refractivity contribution >= 4 is 31.5 Å². The molecule has 0 aliphatic carbocycles. The Labute approximate surface area is 136 Å². The number of nitrogens with one attached hydrogen (secondary N) is 1. The van der Waals surface area contributed by atoms with E-state index in [2.05, 4.69) is 58.2 Å². The third-order valence-corrected chi connectivity index (χ3v) is 6.10. The fourth-order valence-electron chi connectivity index (χ4n) is 2.48. The number of benzene rings is 1. The Morgan fingerprint density at radius 2 is 2.00 bits per heavy atom. The number of halogens is 1. The summed E-state index contributed by atoms with van der Waals surface area (Å²) in [6, 6.07) is 6.65. The third kappa shape index (κ3) is 4.44. The molecule has 2 rings (SSSR count). The molecule has 0 spiro atoms. The molecule has 1 saturated heterocycles. The number of anilines is 1. The van der Waals surface area contributed by atoms with Crippen LogP contribution in [0, 0.1) is 0 Å². The lowest BCUT2D eigenvalue weighted by atomic mass is 10.1. The molecule has 1 aliphatic heterocycles. The maximum Gasteiger partial charge on any atom is 0.153 e. The highest BCUT2D eigenvalue weighted by molar-refractivity contribution is 9.10. The van der Waals surface area contributed by atoms with Gasteiger partial charge in [0.1, 0.15) is 0 Å². The predicted molar refractivity (Wildman–Crippen MR) is 91.7 cm³/mol. The van der Waals surface area contributed by atoms with Crippen molar-refractivity contribution in [2.75, 3.05) is 36.0 Å². The molecule has 1 N–H and O–H groups in total. The second-order valence-electron chi connectivity index (χ2n) is 5.53. The van der Waals surface area contributed by atoms with Crippen molar-refractivity contribution in [1.82, 2.24) is 5.32 Å². The van der Waals surface area contributed by atoms with E-state index in [-0.39, 0.29) is 11.5 Å². The number of rotatable bonds is 5. The molecule has 1 atom stereocenters. The van der Waals surface area contributed by atoms with Crippen LogP contribution in [0.3, 0.4) is 0 Å². The molecule has 0 aromatic heterocycles. The van der Waals surface area contributed by atoms with Gasteiger partial charge in [0.25, 0.3) is 0 Å². The van der Waals surface area contributed by atoms with Crippen LogP contribution in [0.15, 0.2) is 22.7 Å². The molecule has 1 aromatic carbocycles. The van der Waals surface area contributed by atoms with Gasteiger partial charge < -0.3 is 10.2 Å². The fraction of sp³-hybridized carbons (Fsp3) is 0.600. The van der Waals surface area contributed by atoms with E-state index in [4.69, 9.17) is 0 Å². The fourth-order valence-corrected chi connectivity index (χ4v) is 4.33. The van der Waals surface area contributed by atoms with E-state index in [1.807, 2.05) is 0 Å². The van der Waals surface area contributed by atoms with Gasteiger partial charge in [0.05, 0.1) is 17.2 Å². The summed E-state index contributed by atoms with van der Waals surface area (Å²) in [5.74, 6) is 0.491. The van der Waals surface area contributed by atoms with Crippen LogP contribution in [0.2, 0.25) is 0 Å². The van der Waals surface area contributed by atoms with Crippen molar-refractivity contribution in [3.05, 3.63) is 28.2 Å². The first-order chi connectivity index (χ1) is 9.93. The molecule has 0 bridgehead atoms. The van der Waals surface area contributed by atoms with E-state index < -0.39 is 9.84 Å². The Kier molecular flexibility index (Phi) is 5.68. The topological polar surface area (TPSA) is 49.4 Å². The highest BCUT2D eigenvalue weighted by atomic mass is 79.9. The van der Waals surface area contributed by atoms with Gasteiger partial charge in [-0.1, -0.05) is 13.0 Å². The minimum atomic E-state index is -2.84. The second kappa shape index (κ2) is 7.11. The van der Waals surface area contributed by atoms with Crippen molar-refractivity contribution < 1.29 is 8.42 Å². The summed E-state index contributed by atoms with van der Waals surface area (Å²) in [6.45, 7) is 6.46. The average molecular weight is 375 g/mol. The van der Waals surface area contributed by atoms with Gasteiger partial charge in [0.15, 0.2) is 9.84 Å². The van der Waals surface area contributed by atoms with Crippen molar-refractivity contribution in [1.29, 1.82) is 0 Å². The van der Waals surface area contributed by atoms with E-state index in [1.54, 1.807) is 0 Å². The summed E-state index contributed by atoms with van der Waals surface area (Å²) in [7, 11) is -2.84. The van der Waals surface area contributed by atoms with Crippen LogP contribution in [-0.2, 0) is 9.84 Å². The van der Waals surface area contributed by atoms with Crippen molar-refractivity contribution in [2.45, 2.75) is 26.3 Å². The zero-order valence-electron chi connectivity index (χ0n) is 12.6. The van der Waals surface area contributed by atoms with Gasteiger partial charge in [-0.15, -0.1) is 0 Å². The van der Waals surface area contributed by atoms with Gasteiger partial charge in [-0.25, -0.2) is 8.42 Å². The lowest BCUT2D eigenvalue weighted by Gasteiger charge is -2.30. The lowest BCUT2D eigenvalue weighted by Crippen LogP contribution is -2.40. The highest BCUT2D eigenvalue weighted by Gasteiger charge is 2.23. The minimum absolute atomic E-state index is 0.246. The maximum atomic E-state index is 11.5. The molecule has 1 unspecified atom stereocenters. The van der Waals surface area contributed by atoms with E-state index in [0.29, 0.717) is 19.1 Å².